The molecule has 20 heavy (non-hydrogen) atoms. The summed E-state index contributed by atoms with van der Waals surface area (Å²) in [5, 5.41) is 10.8. The van der Waals surface area contributed by atoms with Gasteiger partial charge >= 0.3 is 0 Å². The van der Waals surface area contributed by atoms with Crippen LogP contribution in [0.3, 0.4) is 0 Å². The van der Waals surface area contributed by atoms with Crippen LogP contribution in [0.2, 0.25) is 0 Å². The van der Waals surface area contributed by atoms with Gasteiger partial charge in [-0.05, 0) is 20.0 Å². The van der Waals surface area contributed by atoms with E-state index >= 15 is 0 Å². The summed E-state index contributed by atoms with van der Waals surface area (Å²) in [6, 6.07) is 4.22. The van der Waals surface area contributed by atoms with Crippen LogP contribution in [0.4, 0.5) is 11.4 Å². The van der Waals surface area contributed by atoms with E-state index in [1.807, 2.05) is 14.0 Å². The number of likely N-dealkylation sites (N-methyl/N-ethyl adjacent to an activating group) is 1. The van der Waals surface area contributed by atoms with E-state index in [-0.39, 0.29) is 28.9 Å². The Hall–Kier alpha value is -2.15. The molecule has 2 N–H and O–H groups in total. The van der Waals surface area contributed by atoms with Gasteiger partial charge in [0.1, 0.15) is 0 Å². The summed E-state index contributed by atoms with van der Waals surface area (Å²) in [5.74, 6) is -0.244. The lowest BCUT2D eigenvalue weighted by molar-refractivity contribution is -0.384. The second-order valence-corrected chi connectivity index (χ2v) is 5.11. The third kappa shape index (κ3) is 2.72. The van der Waals surface area contributed by atoms with Gasteiger partial charge in [0.15, 0.2) is 0 Å². The van der Waals surface area contributed by atoms with Crippen molar-refractivity contribution < 1.29 is 9.72 Å². The van der Waals surface area contributed by atoms with Gasteiger partial charge in [0, 0.05) is 43.5 Å². The van der Waals surface area contributed by atoms with Gasteiger partial charge in [0.25, 0.3) is 11.6 Å². The van der Waals surface area contributed by atoms with E-state index < -0.39 is 4.92 Å². The van der Waals surface area contributed by atoms with E-state index in [1.54, 1.807) is 4.90 Å². The van der Waals surface area contributed by atoms with Crippen LogP contribution >= 0.6 is 0 Å². The molecule has 1 aromatic carbocycles. The fourth-order valence-electron chi connectivity index (χ4n) is 2.25. The summed E-state index contributed by atoms with van der Waals surface area (Å²) in [7, 11) is 2.01. The number of nitro groups is 1. The van der Waals surface area contributed by atoms with Crippen molar-refractivity contribution in [2.45, 2.75) is 13.0 Å². The molecular formula is C13H18N4O3. The highest BCUT2D eigenvalue weighted by Gasteiger charge is 2.27. The molecule has 1 unspecified atom stereocenters. The summed E-state index contributed by atoms with van der Waals surface area (Å²) < 4.78 is 0. The van der Waals surface area contributed by atoms with Gasteiger partial charge in [-0.3, -0.25) is 14.9 Å². The van der Waals surface area contributed by atoms with Crippen LogP contribution in [0.25, 0.3) is 0 Å². The van der Waals surface area contributed by atoms with Crippen molar-refractivity contribution in [3.63, 3.8) is 0 Å². The second-order valence-electron chi connectivity index (χ2n) is 5.11. The number of carbonyl (C=O) groups is 1. The highest BCUT2D eigenvalue weighted by Crippen LogP contribution is 2.22. The number of nitrogen functional groups attached to an aromatic ring is 1. The molecular weight excluding hydrogens is 260 g/mol. The van der Waals surface area contributed by atoms with Crippen molar-refractivity contribution in [2.75, 3.05) is 32.4 Å². The summed E-state index contributed by atoms with van der Waals surface area (Å²) in [4.78, 5) is 26.6. The molecule has 2 rings (SSSR count). The molecule has 0 saturated carbocycles. The Morgan fingerprint density at radius 1 is 1.45 bits per heavy atom. The topological polar surface area (TPSA) is 92.7 Å². The zero-order chi connectivity index (χ0) is 14.9. The molecule has 0 spiro atoms. The molecule has 0 aromatic heterocycles. The maximum absolute atomic E-state index is 12.5. The SMILES string of the molecule is CC1CN(C(=O)c2cc([N+](=O)[O-])ccc2N)CCN1C. The minimum Gasteiger partial charge on any atom is -0.398 e. The highest BCUT2D eigenvalue weighted by molar-refractivity contribution is 5.99. The van der Waals surface area contributed by atoms with E-state index in [4.69, 9.17) is 5.73 Å². The number of rotatable bonds is 2. The Morgan fingerprint density at radius 2 is 2.15 bits per heavy atom. The van der Waals surface area contributed by atoms with Crippen LogP contribution in [0, 0.1) is 10.1 Å². The fraction of sp³-hybridized carbons (Fsp3) is 0.462. The van der Waals surface area contributed by atoms with Crippen molar-refractivity contribution in [1.82, 2.24) is 9.80 Å². The molecule has 0 aliphatic carbocycles. The van der Waals surface area contributed by atoms with Crippen LogP contribution in [-0.2, 0) is 0 Å². The maximum Gasteiger partial charge on any atom is 0.270 e. The monoisotopic (exact) mass is 278 g/mol. The molecule has 1 heterocycles. The number of nitro benzene ring substituents is 1. The van der Waals surface area contributed by atoms with Gasteiger partial charge in [-0.25, -0.2) is 0 Å². The quantitative estimate of drug-likeness (QED) is 0.494. The first-order chi connectivity index (χ1) is 9.40. The van der Waals surface area contributed by atoms with E-state index in [9.17, 15) is 14.9 Å². The van der Waals surface area contributed by atoms with Crippen molar-refractivity contribution in [2.24, 2.45) is 0 Å². The molecule has 1 saturated heterocycles. The molecule has 1 aliphatic rings. The number of benzene rings is 1. The van der Waals surface area contributed by atoms with E-state index in [0.717, 1.165) is 6.54 Å². The normalized spacial score (nSPS) is 19.9. The standard InChI is InChI=1S/C13H18N4O3/c1-9-8-16(6-5-15(9)2)13(18)11-7-10(17(19)20)3-4-12(11)14/h3-4,7,9H,5-6,8,14H2,1-2H3. The first kappa shape index (κ1) is 14.3. The Balaban J connectivity index is 2.25. The van der Waals surface area contributed by atoms with Crippen LogP contribution in [-0.4, -0.2) is 53.4 Å². The Bertz CT molecular complexity index is 546. The van der Waals surface area contributed by atoms with Crippen molar-refractivity contribution in [1.29, 1.82) is 0 Å². The summed E-state index contributed by atoms with van der Waals surface area (Å²) in [6.45, 7) is 4.01. The summed E-state index contributed by atoms with van der Waals surface area (Å²) in [6.07, 6.45) is 0. The van der Waals surface area contributed by atoms with Gasteiger partial charge in [-0.1, -0.05) is 0 Å². The van der Waals surface area contributed by atoms with Crippen LogP contribution in [0.5, 0.6) is 0 Å². The van der Waals surface area contributed by atoms with Crippen LogP contribution < -0.4 is 5.73 Å². The lowest BCUT2D eigenvalue weighted by Gasteiger charge is -2.37. The third-order valence-corrected chi connectivity index (χ3v) is 3.72. The molecule has 7 nitrogen and oxygen atoms in total. The van der Waals surface area contributed by atoms with Crippen LogP contribution in [0.15, 0.2) is 18.2 Å². The number of piperazine rings is 1. The minimum absolute atomic E-state index is 0.121. The molecule has 1 aliphatic heterocycles. The molecule has 108 valence electrons. The van der Waals surface area contributed by atoms with Gasteiger partial charge in [-0.15, -0.1) is 0 Å². The fourth-order valence-corrected chi connectivity index (χ4v) is 2.25. The summed E-state index contributed by atoms with van der Waals surface area (Å²) in [5.41, 5.74) is 6.13. The number of carbonyl (C=O) groups excluding carboxylic acids is 1. The first-order valence-corrected chi connectivity index (χ1v) is 6.43. The average molecular weight is 278 g/mol. The predicted octanol–water partition coefficient (Wildman–Crippen LogP) is 0.953. The predicted molar refractivity (Wildman–Crippen MR) is 75.5 cm³/mol. The molecule has 0 bridgehead atoms. The number of nitrogens with zero attached hydrogens (tertiary/aromatic N) is 3. The first-order valence-electron chi connectivity index (χ1n) is 6.43. The van der Waals surface area contributed by atoms with Crippen molar-refractivity contribution in [3.8, 4) is 0 Å². The van der Waals surface area contributed by atoms with Crippen LogP contribution in [0.1, 0.15) is 17.3 Å². The molecule has 0 radical (unpaired) electrons. The Kier molecular flexibility index (Phi) is 3.89. The average Bonchev–Trinajstić information content (AvgIpc) is 2.41. The van der Waals surface area contributed by atoms with E-state index in [1.165, 1.54) is 18.2 Å². The lowest BCUT2D eigenvalue weighted by Crippen LogP contribution is -2.52. The van der Waals surface area contributed by atoms with E-state index in [2.05, 4.69) is 4.90 Å². The van der Waals surface area contributed by atoms with Crippen molar-refractivity contribution in [3.05, 3.63) is 33.9 Å². The maximum atomic E-state index is 12.5. The molecule has 1 amide bonds. The van der Waals surface area contributed by atoms with Gasteiger partial charge in [0.2, 0.25) is 0 Å². The lowest BCUT2D eigenvalue weighted by atomic mass is 10.1. The van der Waals surface area contributed by atoms with Gasteiger partial charge in [0.05, 0.1) is 10.5 Å². The Labute approximate surface area is 117 Å². The number of nitrogens with two attached hydrogens (primary N) is 1. The largest absolute Gasteiger partial charge is 0.398 e. The Morgan fingerprint density at radius 3 is 2.75 bits per heavy atom. The highest BCUT2D eigenvalue weighted by atomic mass is 16.6. The number of anilines is 1. The number of amides is 1. The number of hydrogen-bond donors (Lipinski definition) is 1. The minimum atomic E-state index is -0.525. The van der Waals surface area contributed by atoms with E-state index in [0.29, 0.717) is 13.1 Å². The zero-order valence-electron chi connectivity index (χ0n) is 11.6. The molecule has 1 fully saturated rings. The number of non-ortho nitro benzene ring substituents is 1. The number of hydrogen-bond acceptors (Lipinski definition) is 5. The van der Waals surface area contributed by atoms with Crippen molar-refractivity contribution >= 4 is 17.3 Å². The molecule has 1 atom stereocenters. The molecule has 7 heteroatoms. The smallest absolute Gasteiger partial charge is 0.270 e. The summed E-state index contributed by atoms with van der Waals surface area (Å²) >= 11 is 0. The second kappa shape index (κ2) is 5.46. The third-order valence-electron chi connectivity index (χ3n) is 3.72. The zero-order valence-corrected chi connectivity index (χ0v) is 11.6. The van der Waals surface area contributed by atoms with Gasteiger partial charge < -0.3 is 15.5 Å². The molecule has 1 aromatic rings. The van der Waals surface area contributed by atoms with Gasteiger partial charge in [-0.2, -0.15) is 0 Å².